The second kappa shape index (κ2) is 6.27. The van der Waals surface area contributed by atoms with Crippen molar-refractivity contribution >= 4 is 22.8 Å². The Morgan fingerprint density at radius 3 is 2.71 bits per heavy atom. The van der Waals surface area contributed by atoms with Crippen LogP contribution >= 0.6 is 11.6 Å². The molecule has 3 nitrogen and oxygen atoms in total. The van der Waals surface area contributed by atoms with E-state index in [1.807, 2.05) is 25.1 Å². The van der Waals surface area contributed by atoms with Gasteiger partial charge in [0.15, 0.2) is 5.65 Å². The fourth-order valence-corrected chi connectivity index (χ4v) is 2.75. The molecule has 21 heavy (non-hydrogen) atoms. The Morgan fingerprint density at radius 2 is 1.95 bits per heavy atom. The first-order chi connectivity index (χ1) is 10.3. The van der Waals surface area contributed by atoms with Crippen molar-refractivity contribution in [1.82, 2.24) is 14.5 Å². The number of alkyl halides is 1. The number of aryl methyl sites for hydroxylation is 2. The molecule has 1 aromatic carbocycles. The van der Waals surface area contributed by atoms with Crippen molar-refractivity contribution in [2.75, 3.05) is 0 Å². The Hall–Kier alpha value is -1.87. The van der Waals surface area contributed by atoms with Gasteiger partial charge in [0.25, 0.3) is 0 Å². The van der Waals surface area contributed by atoms with Crippen molar-refractivity contribution in [2.24, 2.45) is 0 Å². The Morgan fingerprint density at radius 1 is 1.14 bits per heavy atom. The summed E-state index contributed by atoms with van der Waals surface area (Å²) in [5.41, 5.74) is 3.20. The van der Waals surface area contributed by atoms with Gasteiger partial charge in [-0.05, 0) is 37.5 Å². The zero-order valence-corrected chi connectivity index (χ0v) is 12.8. The lowest BCUT2D eigenvalue weighted by Crippen LogP contribution is -2.06. The van der Waals surface area contributed by atoms with Crippen molar-refractivity contribution in [3.63, 3.8) is 0 Å². The average molecular weight is 300 g/mol. The maximum absolute atomic E-state index is 6.26. The molecular formula is C17H18ClN3. The topological polar surface area (TPSA) is 30.7 Å². The minimum Gasteiger partial charge on any atom is -0.311 e. The SMILES string of the molecule is CC(Cl)c1nc2cccnc2n1CCCc1ccccc1. The molecule has 3 rings (SSSR count). The highest BCUT2D eigenvalue weighted by molar-refractivity contribution is 6.20. The number of pyridine rings is 1. The molecule has 2 heterocycles. The van der Waals surface area contributed by atoms with Crippen molar-refractivity contribution in [2.45, 2.75) is 31.7 Å². The van der Waals surface area contributed by atoms with Gasteiger partial charge in [-0.2, -0.15) is 0 Å². The smallest absolute Gasteiger partial charge is 0.160 e. The summed E-state index contributed by atoms with van der Waals surface area (Å²) in [4.78, 5) is 9.06. The summed E-state index contributed by atoms with van der Waals surface area (Å²) in [6.45, 7) is 2.84. The number of halogens is 1. The van der Waals surface area contributed by atoms with Crippen LogP contribution < -0.4 is 0 Å². The molecule has 0 aliphatic carbocycles. The van der Waals surface area contributed by atoms with E-state index in [9.17, 15) is 0 Å². The van der Waals surface area contributed by atoms with Crippen molar-refractivity contribution in [1.29, 1.82) is 0 Å². The molecule has 0 bridgehead atoms. The summed E-state index contributed by atoms with van der Waals surface area (Å²) in [5.74, 6) is 0.901. The molecule has 0 radical (unpaired) electrons. The Labute approximate surface area is 129 Å². The minimum absolute atomic E-state index is 0.115. The van der Waals surface area contributed by atoms with E-state index in [0.29, 0.717) is 0 Å². The van der Waals surface area contributed by atoms with E-state index in [1.165, 1.54) is 5.56 Å². The van der Waals surface area contributed by atoms with Crippen LogP contribution in [0, 0.1) is 0 Å². The number of rotatable bonds is 5. The molecule has 0 saturated carbocycles. The van der Waals surface area contributed by atoms with Crippen LogP contribution in [0.1, 0.15) is 30.1 Å². The second-order valence-corrected chi connectivity index (χ2v) is 5.83. The van der Waals surface area contributed by atoms with Crippen LogP contribution in [0.25, 0.3) is 11.2 Å². The minimum atomic E-state index is -0.115. The van der Waals surface area contributed by atoms with Crippen LogP contribution in [-0.2, 0) is 13.0 Å². The van der Waals surface area contributed by atoms with Gasteiger partial charge in [-0.15, -0.1) is 11.6 Å². The third kappa shape index (κ3) is 3.08. The van der Waals surface area contributed by atoms with E-state index in [4.69, 9.17) is 11.6 Å². The van der Waals surface area contributed by atoms with Crippen LogP contribution in [-0.4, -0.2) is 14.5 Å². The molecule has 108 valence electrons. The molecule has 0 N–H and O–H groups in total. The van der Waals surface area contributed by atoms with Gasteiger partial charge < -0.3 is 4.57 Å². The van der Waals surface area contributed by atoms with Gasteiger partial charge in [-0.1, -0.05) is 30.3 Å². The molecule has 0 aliphatic heterocycles. The normalized spacial score (nSPS) is 12.7. The van der Waals surface area contributed by atoms with E-state index in [0.717, 1.165) is 36.4 Å². The highest BCUT2D eigenvalue weighted by Gasteiger charge is 2.15. The van der Waals surface area contributed by atoms with Crippen LogP contribution in [0.4, 0.5) is 0 Å². The Bertz CT molecular complexity index is 719. The first-order valence-electron chi connectivity index (χ1n) is 7.25. The van der Waals surface area contributed by atoms with Gasteiger partial charge in [0.05, 0.1) is 5.38 Å². The first kappa shape index (κ1) is 14.1. The Balaban J connectivity index is 1.81. The number of fused-ring (bicyclic) bond motifs is 1. The molecule has 0 saturated heterocycles. The Kier molecular flexibility index (Phi) is 4.20. The molecule has 0 aliphatic rings. The van der Waals surface area contributed by atoms with Gasteiger partial charge in [0.2, 0.25) is 0 Å². The molecule has 1 atom stereocenters. The summed E-state index contributed by atoms with van der Waals surface area (Å²) in [5, 5.41) is -0.115. The van der Waals surface area contributed by atoms with E-state index in [2.05, 4.69) is 38.8 Å². The highest BCUT2D eigenvalue weighted by atomic mass is 35.5. The van der Waals surface area contributed by atoms with Gasteiger partial charge in [-0.3, -0.25) is 0 Å². The lowest BCUT2D eigenvalue weighted by Gasteiger charge is -2.09. The lowest BCUT2D eigenvalue weighted by molar-refractivity contribution is 0.621. The summed E-state index contributed by atoms with van der Waals surface area (Å²) in [6.07, 6.45) is 3.90. The summed E-state index contributed by atoms with van der Waals surface area (Å²) in [7, 11) is 0. The van der Waals surface area contributed by atoms with Crippen LogP contribution in [0.3, 0.4) is 0 Å². The zero-order valence-electron chi connectivity index (χ0n) is 12.0. The van der Waals surface area contributed by atoms with Gasteiger partial charge in [0, 0.05) is 12.7 Å². The quantitative estimate of drug-likeness (QED) is 0.655. The van der Waals surface area contributed by atoms with Crippen molar-refractivity contribution in [3.05, 3.63) is 60.0 Å². The van der Waals surface area contributed by atoms with E-state index < -0.39 is 0 Å². The fourth-order valence-electron chi connectivity index (χ4n) is 2.59. The molecule has 0 fully saturated rings. The standard InChI is InChI=1S/C17H18ClN3/c1-13(18)16-20-15-10-5-11-19-17(15)21(16)12-6-9-14-7-3-2-4-8-14/h2-5,7-8,10-11,13H,6,9,12H2,1H3. The number of nitrogens with zero attached hydrogens (tertiary/aromatic N) is 3. The zero-order chi connectivity index (χ0) is 14.7. The summed E-state index contributed by atoms with van der Waals surface area (Å²) < 4.78 is 2.15. The highest BCUT2D eigenvalue weighted by Crippen LogP contribution is 2.23. The molecule has 2 aromatic heterocycles. The number of aromatic nitrogens is 3. The largest absolute Gasteiger partial charge is 0.311 e. The van der Waals surface area contributed by atoms with Gasteiger partial charge in [-0.25, -0.2) is 9.97 Å². The molecule has 1 unspecified atom stereocenters. The summed E-state index contributed by atoms with van der Waals surface area (Å²) >= 11 is 6.26. The average Bonchev–Trinajstić information content (AvgIpc) is 2.88. The van der Waals surface area contributed by atoms with Crippen LogP contribution in [0.15, 0.2) is 48.7 Å². The number of hydrogen-bond acceptors (Lipinski definition) is 2. The third-order valence-corrected chi connectivity index (χ3v) is 3.77. The van der Waals surface area contributed by atoms with Gasteiger partial charge >= 0.3 is 0 Å². The van der Waals surface area contributed by atoms with E-state index >= 15 is 0 Å². The number of imidazole rings is 1. The maximum atomic E-state index is 6.26. The van der Waals surface area contributed by atoms with E-state index in [1.54, 1.807) is 6.20 Å². The monoisotopic (exact) mass is 299 g/mol. The van der Waals surface area contributed by atoms with Crippen molar-refractivity contribution in [3.8, 4) is 0 Å². The first-order valence-corrected chi connectivity index (χ1v) is 7.68. The third-order valence-electron chi connectivity index (χ3n) is 3.58. The molecule has 3 aromatic rings. The van der Waals surface area contributed by atoms with Gasteiger partial charge in [0.1, 0.15) is 11.3 Å². The summed E-state index contributed by atoms with van der Waals surface area (Å²) in [6, 6.07) is 14.4. The predicted octanol–water partition coefficient (Wildman–Crippen LogP) is 4.36. The molecule has 0 spiro atoms. The predicted molar refractivity (Wildman–Crippen MR) is 86.6 cm³/mol. The molecular weight excluding hydrogens is 282 g/mol. The number of benzene rings is 1. The molecule has 0 amide bonds. The molecule has 4 heteroatoms. The lowest BCUT2D eigenvalue weighted by atomic mass is 10.1. The second-order valence-electron chi connectivity index (χ2n) is 5.17. The number of hydrogen-bond donors (Lipinski definition) is 0. The van der Waals surface area contributed by atoms with Crippen LogP contribution in [0.2, 0.25) is 0 Å². The maximum Gasteiger partial charge on any atom is 0.160 e. The van der Waals surface area contributed by atoms with Crippen LogP contribution in [0.5, 0.6) is 0 Å². The van der Waals surface area contributed by atoms with Crippen molar-refractivity contribution < 1.29 is 0 Å². The van der Waals surface area contributed by atoms with E-state index in [-0.39, 0.29) is 5.38 Å². The fraction of sp³-hybridized carbons (Fsp3) is 0.294.